The van der Waals surface area contributed by atoms with E-state index in [9.17, 15) is 23.2 Å². The van der Waals surface area contributed by atoms with Crippen LogP contribution in [0.25, 0.3) is 22.3 Å². The van der Waals surface area contributed by atoms with Gasteiger partial charge in [-0.05, 0) is 25.0 Å². The van der Waals surface area contributed by atoms with Crippen LogP contribution >= 0.6 is 11.6 Å². The Kier molecular flexibility index (Phi) is 6.47. The minimum absolute atomic E-state index is 0.109. The van der Waals surface area contributed by atoms with Crippen molar-refractivity contribution < 1.29 is 18.0 Å². The van der Waals surface area contributed by atoms with Crippen LogP contribution in [0.1, 0.15) is 35.3 Å². The van der Waals surface area contributed by atoms with E-state index >= 15 is 0 Å². The van der Waals surface area contributed by atoms with Crippen LogP contribution in [0.4, 0.5) is 13.2 Å². The maximum atomic E-state index is 13.1. The lowest BCUT2D eigenvalue weighted by Gasteiger charge is -2.53. The van der Waals surface area contributed by atoms with Crippen molar-refractivity contribution in [3.63, 3.8) is 0 Å². The van der Waals surface area contributed by atoms with Gasteiger partial charge >= 0.3 is 6.18 Å². The highest BCUT2D eigenvalue weighted by Crippen LogP contribution is 2.37. The van der Waals surface area contributed by atoms with Crippen LogP contribution in [-0.2, 0) is 11.7 Å². The number of fused-ring (bicyclic) bond motifs is 1. The number of alkyl halides is 3. The van der Waals surface area contributed by atoms with Crippen molar-refractivity contribution in [3.8, 4) is 17.3 Å². The Morgan fingerprint density at radius 2 is 1.98 bits per heavy atom. The molecule has 4 aromatic heterocycles. The number of H-pyrrole nitrogens is 1. The number of rotatable bonds is 5. The zero-order valence-corrected chi connectivity index (χ0v) is 21.8. The standard InChI is InChI=1S/C26H23ClF3N9O/c27-20-11-33-21(26(28,29)30)9-19(20)24(40)37-7-2-17(3-8-37)38-13-25(14-38,4-5-31)39-12-16(10-36-39)22-18-1-6-32-23(18)35-15-34-22/h1,6,9-12,15,17H,2-4,7-8,13-14H2,(H,32,34,35). The average molecular weight is 570 g/mol. The lowest BCUT2D eigenvalue weighted by Crippen LogP contribution is -2.66. The van der Waals surface area contributed by atoms with Crippen molar-refractivity contribution in [2.75, 3.05) is 26.2 Å². The van der Waals surface area contributed by atoms with Gasteiger partial charge < -0.3 is 9.88 Å². The zero-order valence-electron chi connectivity index (χ0n) is 21.1. The molecule has 0 radical (unpaired) electrons. The Labute approximate surface area is 231 Å². The molecule has 6 heterocycles. The maximum absolute atomic E-state index is 13.1. The molecule has 0 spiro atoms. The number of likely N-dealkylation sites (tertiary alicyclic amines) is 2. The largest absolute Gasteiger partial charge is 0.433 e. The topological polar surface area (TPSA) is 120 Å². The molecule has 0 atom stereocenters. The van der Waals surface area contributed by atoms with E-state index in [4.69, 9.17) is 11.6 Å². The van der Waals surface area contributed by atoms with Crippen molar-refractivity contribution in [2.24, 2.45) is 0 Å². The first-order chi connectivity index (χ1) is 19.2. The molecule has 0 unspecified atom stereocenters. The fraction of sp³-hybridized carbons (Fsp3) is 0.385. The minimum Gasteiger partial charge on any atom is -0.346 e. The molecule has 4 aromatic rings. The molecule has 2 saturated heterocycles. The molecule has 0 aliphatic carbocycles. The summed E-state index contributed by atoms with van der Waals surface area (Å²) in [6.45, 7) is 2.01. The van der Waals surface area contributed by atoms with Crippen molar-refractivity contribution in [3.05, 3.63) is 59.5 Å². The van der Waals surface area contributed by atoms with E-state index < -0.39 is 23.3 Å². The first-order valence-electron chi connectivity index (χ1n) is 12.7. The van der Waals surface area contributed by atoms with E-state index in [0.717, 1.165) is 28.5 Å². The van der Waals surface area contributed by atoms with Crippen molar-refractivity contribution in [1.29, 1.82) is 5.26 Å². The summed E-state index contributed by atoms with van der Waals surface area (Å²) in [6.07, 6.45) is 4.75. The molecule has 2 aliphatic heterocycles. The molecule has 6 rings (SSSR count). The molecule has 2 fully saturated rings. The van der Waals surface area contributed by atoms with Crippen LogP contribution < -0.4 is 0 Å². The molecule has 206 valence electrons. The Morgan fingerprint density at radius 3 is 2.70 bits per heavy atom. The molecule has 0 aromatic carbocycles. The molecule has 0 saturated carbocycles. The summed E-state index contributed by atoms with van der Waals surface area (Å²) >= 11 is 6.03. The fourth-order valence-corrected chi connectivity index (χ4v) is 5.81. The second kappa shape index (κ2) is 9.87. The number of nitriles is 1. The Morgan fingerprint density at radius 1 is 1.20 bits per heavy atom. The third-order valence-electron chi connectivity index (χ3n) is 7.74. The van der Waals surface area contributed by atoms with Gasteiger partial charge in [0.2, 0.25) is 0 Å². The number of aromatic nitrogens is 6. The van der Waals surface area contributed by atoms with Gasteiger partial charge in [-0.2, -0.15) is 23.5 Å². The number of carbonyl (C=O) groups excluding carboxylic acids is 1. The smallest absolute Gasteiger partial charge is 0.346 e. The SMILES string of the molecule is N#CCC1(n2cc(-c3ncnc4[nH]ccc34)cn2)CN(C2CCN(C(=O)c3cc(C(F)(F)F)ncc3Cl)CC2)C1. The van der Waals surface area contributed by atoms with Crippen LogP contribution in [0.2, 0.25) is 5.02 Å². The quantitative estimate of drug-likeness (QED) is 0.384. The fourth-order valence-electron chi connectivity index (χ4n) is 5.62. The predicted molar refractivity (Wildman–Crippen MR) is 138 cm³/mol. The highest BCUT2D eigenvalue weighted by atomic mass is 35.5. The lowest BCUT2D eigenvalue weighted by atomic mass is 9.83. The lowest BCUT2D eigenvalue weighted by molar-refractivity contribution is -0.141. The molecule has 1 N–H and O–H groups in total. The first-order valence-corrected chi connectivity index (χ1v) is 13.0. The van der Waals surface area contributed by atoms with Gasteiger partial charge in [-0.25, -0.2) is 9.97 Å². The molecule has 14 heteroatoms. The second-order valence-electron chi connectivity index (χ2n) is 10.2. The summed E-state index contributed by atoms with van der Waals surface area (Å²) in [5.41, 5.74) is 0.490. The molecule has 1 amide bonds. The first kappa shape index (κ1) is 26.2. The van der Waals surface area contributed by atoms with E-state index in [1.165, 1.54) is 11.2 Å². The number of carbonyl (C=O) groups is 1. The number of aromatic amines is 1. The van der Waals surface area contributed by atoms with Gasteiger partial charge in [0.1, 0.15) is 23.2 Å². The highest BCUT2D eigenvalue weighted by Gasteiger charge is 2.48. The Balaban J connectivity index is 1.12. The number of halogens is 4. The van der Waals surface area contributed by atoms with Gasteiger partial charge in [-0.1, -0.05) is 11.6 Å². The Hall–Kier alpha value is -4.02. The van der Waals surface area contributed by atoms with E-state index in [-0.39, 0.29) is 23.0 Å². The van der Waals surface area contributed by atoms with E-state index in [2.05, 4.69) is 36.0 Å². The summed E-state index contributed by atoms with van der Waals surface area (Å²) in [4.78, 5) is 31.8. The van der Waals surface area contributed by atoms with E-state index in [1.807, 2.05) is 16.9 Å². The molecular weight excluding hydrogens is 547 g/mol. The third kappa shape index (κ3) is 4.56. The second-order valence-corrected chi connectivity index (χ2v) is 10.6. The third-order valence-corrected chi connectivity index (χ3v) is 8.04. The maximum Gasteiger partial charge on any atom is 0.433 e. The number of hydrogen-bond acceptors (Lipinski definition) is 7. The monoisotopic (exact) mass is 569 g/mol. The van der Waals surface area contributed by atoms with Gasteiger partial charge in [-0.3, -0.25) is 19.4 Å². The van der Waals surface area contributed by atoms with Crippen LogP contribution in [0.5, 0.6) is 0 Å². The number of hydrogen-bond donors (Lipinski definition) is 1. The number of nitrogens with one attached hydrogen (secondary N) is 1. The van der Waals surface area contributed by atoms with Gasteiger partial charge in [0.25, 0.3) is 5.91 Å². The number of amides is 1. The molecule has 2 aliphatic rings. The van der Waals surface area contributed by atoms with Crippen LogP contribution in [0.15, 0.2) is 43.2 Å². The van der Waals surface area contributed by atoms with Crippen LogP contribution in [0, 0.1) is 11.3 Å². The van der Waals surface area contributed by atoms with Gasteiger partial charge in [0.15, 0.2) is 0 Å². The minimum atomic E-state index is -4.67. The van der Waals surface area contributed by atoms with E-state index in [0.29, 0.717) is 45.1 Å². The number of pyridine rings is 1. The molecule has 0 bridgehead atoms. The summed E-state index contributed by atoms with van der Waals surface area (Å²) in [5, 5.41) is 15.0. The van der Waals surface area contributed by atoms with Crippen LogP contribution in [0.3, 0.4) is 0 Å². The summed E-state index contributed by atoms with van der Waals surface area (Å²) in [5.74, 6) is -0.538. The Bertz CT molecular complexity index is 1610. The van der Waals surface area contributed by atoms with Gasteiger partial charge in [0, 0.05) is 61.8 Å². The molecular formula is C26H23ClF3N9O. The van der Waals surface area contributed by atoms with Crippen LogP contribution in [-0.4, -0.2) is 77.6 Å². The number of nitrogens with zero attached hydrogens (tertiary/aromatic N) is 8. The van der Waals surface area contributed by atoms with Crippen molar-refractivity contribution >= 4 is 28.5 Å². The summed E-state index contributed by atoms with van der Waals surface area (Å²) in [7, 11) is 0. The van der Waals surface area contributed by atoms with Gasteiger partial charge in [-0.15, -0.1) is 0 Å². The summed E-state index contributed by atoms with van der Waals surface area (Å²) in [6, 6.07) is 5.09. The molecule has 10 nitrogen and oxygen atoms in total. The van der Waals surface area contributed by atoms with E-state index in [1.54, 1.807) is 12.4 Å². The van der Waals surface area contributed by atoms with Crippen molar-refractivity contribution in [2.45, 2.75) is 37.0 Å². The number of piperidine rings is 1. The predicted octanol–water partition coefficient (Wildman–Crippen LogP) is 4.12. The van der Waals surface area contributed by atoms with Crippen molar-refractivity contribution in [1.82, 2.24) is 39.5 Å². The molecule has 40 heavy (non-hydrogen) atoms. The highest BCUT2D eigenvalue weighted by molar-refractivity contribution is 6.33. The zero-order chi connectivity index (χ0) is 28.1. The average Bonchev–Trinajstić information content (AvgIpc) is 3.60. The summed E-state index contributed by atoms with van der Waals surface area (Å²) < 4.78 is 41.1. The van der Waals surface area contributed by atoms with Gasteiger partial charge in [0.05, 0.1) is 35.0 Å². The normalized spacial score (nSPS) is 18.0.